The fourth-order valence-electron chi connectivity index (χ4n) is 1.94. The Morgan fingerprint density at radius 2 is 2.27 bits per heavy atom. The van der Waals surface area contributed by atoms with Crippen molar-refractivity contribution >= 4 is 28.1 Å². The van der Waals surface area contributed by atoms with Crippen molar-refractivity contribution in [2.45, 2.75) is 19.3 Å². The van der Waals surface area contributed by atoms with E-state index in [2.05, 4.69) is 35.1 Å². The number of fused-ring (bicyclic) bond motifs is 1. The molecular weight excluding hydrogens is 258 g/mol. The van der Waals surface area contributed by atoms with E-state index in [1.165, 1.54) is 5.56 Å². The minimum absolute atomic E-state index is 0.105. The van der Waals surface area contributed by atoms with Gasteiger partial charge in [-0.25, -0.2) is 0 Å². The van der Waals surface area contributed by atoms with Gasteiger partial charge in [0, 0.05) is 28.2 Å². The Hall–Kier alpha value is -1.03. The van der Waals surface area contributed by atoms with Crippen molar-refractivity contribution in [2.24, 2.45) is 0 Å². The van der Waals surface area contributed by atoms with E-state index in [9.17, 15) is 4.79 Å². The third-order valence-corrected chi connectivity index (χ3v) is 3.27. The molecule has 1 aliphatic heterocycles. The van der Waals surface area contributed by atoms with E-state index in [-0.39, 0.29) is 5.41 Å². The molecule has 0 fully saturated rings. The van der Waals surface area contributed by atoms with Gasteiger partial charge >= 0.3 is 0 Å². The smallest absolute Gasteiger partial charge is 0.298 e. The summed E-state index contributed by atoms with van der Waals surface area (Å²) in [5, 5.41) is 3.30. The summed E-state index contributed by atoms with van der Waals surface area (Å²) in [5.74, 6) is 0.556. The molecule has 1 heterocycles. The maximum Gasteiger partial charge on any atom is 0.298 e. The van der Waals surface area contributed by atoms with Gasteiger partial charge in [0.1, 0.15) is 5.75 Å². The summed E-state index contributed by atoms with van der Waals surface area (Å²) in [7, 11) is 0. The highest BCUT2D eigenvalue weighted by Crippen LogP contribution is 2.43. The lowest BCUT2D eigenvalue weighted by atomic mass is 9.87. The Morgan fingerprint density at radius 1 is 1.53 bits per heavy atom. The summed E-state index contributed by atoms with van der Waals surface area (Å²) in [6.07, 6.45) is 0. The summed E-state index contributed by atoms with van der Waals surface area (Å²) < 4.78 is 5.81. The number of benzene rings is 1. The monoisotopic (exact) mass is 269 g/mol. The predicted octanol–water partition coefficient (Wildman–Crippen LogP) is 2.69. The van der Waals surface area contributed by atoms with Gasteiger partial charge in [0.05, 0.1) is 0 Å². The van der Waals surface area contributed by atoms with Gasteiger partial charge in [0.15, 0.2) is 0 Å². The Kier molecular flexibility index (Phi) is 2.46. The number of hydrogen-bond acceptors (Lipinski definition) is 3. The number of hydrogen-bond donors (Lipinski definition) is 1. The molecular formula is C11H12BrNO2. The first-order valence-electron chi connectivity index (χ1n) is 4.73. The molecule has 1 aliphatic rings. The highest BCUT2D eigenvalue weighted by atomic mass is 79.9. The number of rotatable bonds is 2. The van der Waals surface area contributed by atoms with Crippen molar-refractivity contribution < 1.29 is 9.53 Å². The SMILES string of the molecule is CC1(C)CNc2cc(OC=O)cc(Br)c21. The molecule has 1 N–H and O–H groups in total. The average molecular weight is 270 g/mol. The largest absolute Gasteiger partial charge is 0.429 e. The first-order valence-corrected chi connectivity index (χ1v) is 5.52. The summed E-state index contributed by atoms with van der Waals surface area (Å²) in [5.41, 5.74) is 2.38. The van der Waals surface area contributed by atoms with Gasteiger partial charge in [0.2, 0.25) is 0 Å². The maximum atomic E-state index is 10.3. The summed E-state index contributed by atoms with van der Waals surface area (Å²) >= 11 is 3.51. The minimum Gasteiger partial charge on any atom is -0.429 e. The molecule has 0 saturated heterocycles. The van der Waals surface area contributed by atoms with Gasteiger partial charge in [-0.1, -0.05) is 29.8 Å². The van der Waals surface area contributed by atoms with Gasteiger partial charge in [-0.15, -0.1) is 0 Å². The molecule has 80 valence electrons. The van der Waals surface area contributed by atoms with E-state index in [1.54, 1.807) is 0 Å². The van der Waals surface area contributed by atoms with Gasteiger partial charge < -0.3 is 10.1 Å². The third-order valence-electron chi connectivity index (χ3n) is 2.65. The van der Waals surface area contributed by atoms with Crippen molar-refractivity contribution in [3.8, 4) is 5.75 Å². The summed E-state index contributed by atoms with van der Waals surface area (Å²) in [6.45, 7) is 5.69. The zero-order valence-electron chi connectivity index (χ0n) is 8.63. The summed E-state index contributed by atoms with van der Waals surface area (Å²) in [6, 6.07) is 3.67. The molecule has 4 heteroatoms. The third kappa shape index (κ3) is 1.74. The molecule has 0 spiro atoms. The van der Waals surface area contributed by atoms with Crippen molar-refractivity contribution in [2.75, 3.05) is 11.9 Å². The number of ether oxygens (including phenoxy) is 1. The van der Waals surface area contributed by atoms with Crippen molar-refractivity contribution in [3.05, 3.63) is 22.2 Å². The number of halogens is 1. The Morgan fingerprint density at radius 3 is 2.93 bits per heavy atom. The second kappa shape index (κ2) is 3.52. The average Bonchev–Trinajstić information content (AvgIpc) is 2.43. The molecule has 0 aromatic heterocycles. The van der Waals surface area contributed by atoms with Crippen LogP contribution in [0.3, 0.4) is 0 Å². The fourth-order valence-corrected chi connectivity index (χ4v) is 2.91. The quantitative estimate of drug-likeness (QED) is 0.840. The van der Waals surface area contributed by atoms with E-state index in [4.69, 9.17) is 4.74 Å². The van der Waals surface area contributed by atoms with E-state index >= 15 is 0 Å². The molecule has 1 aromatic rings. The van der Waals surface area contributed by atoms with Crippen LogP contribution in [0.1, 0.15) is 19.4 Å². The predicted molar refractivity (Wildman–Crippen MR) is 62.3 cm³/mol. The van der Waals surface area contributed by atoms with Crippen LogP contribution in [0.4, 0.5) is 5.69 Å². The first kappa shape index (κ1) is 10.5. The normalized spacial score (nSPS) is 16.7. The molecule has 0 atom stereocenters. The fraction of sp³-hybridized carbons (Fsp3) is 0.364. The number of anilines is 1. The lowest BCUT2D eigenvalue weighted by Crippen LogP contribution is -2.19. The molecule has 0 amide bonds. The molecule has 0 aliphatic carbocycles. The number of carbonyl (C=O) groups excluding carboxylic acids is 1. The molecule has 3 nitrogen and oxygen atoms in total. The highest BCUT2D eigenvalue weighted by Gasteiger charge is 2.32. The number of nitrogens with one attached hydrogen (secondary N) is 1. The molecule has 0 saturated carbocycles. The van der Waals surface area contributed by atoms with Crippen molar-refractivity contribution in [3.63, 3.8) is 0 Å². The maximum absolute atomic E-state index is 10.3. The topological polar surface area (TPSA) is 38.3 Å². The van der Waals surface area contributed by atoms with Crippen LogP contribution in [0.5, 0.6) is 5.75 Å². The van der Waals surface area contributed by atoms with Crippen molar-refractivity contribution in [1.82, 2.24) is 0 Å². The zero-order chi connectivity index (χ0) is 11.1. The van der Waals surface area contributed by atoms with Crippen LogP contribution >= 0.6 is 15.9 Å². The van der Waals surface area contributed by atoms with Crippen LogP contribution in [0.2, 0.25) is 0 Å². The molecule has 0 bridgehead atoms. The van der Waals surface area contributed by atoms with Crippen LogP contribution in [-0.4, -0.2) is 13.0 Å². The lowest BCUT2D eigenvalue weighted by molar-refractivity contribution is -0.120. The second-order valence-corrected chi connectivity index (χ2v) is 5.13. The van der Waals surface area contributed by atoms with Crippen LogP contribution < -0.4 is 10.1 Å². The van der Waals surface area contributed by atoms with Crippen LogP contribution in [0.15, 0.2) is 16.6 Å². The Balaban J connectivity index is 2.51. The van der Waals surface area contributed by atoms with Crippen LogP contribution in [0.25, 0.3) is 0 Å². The van der Waals surface area contributed by atoms with Gasteiger partial charge in [-0.3, -0.25) is 4.79 Å². The lowest BCUT2D eigenvalue weighted by Gasteiger charge is -2.18. The zero-order valence-corrected chi connectivity index (χ0v) is 10.2. The molecule has 0 radical (unpaired) electrons. The van der Waals surface area contributed by atoms with Crippen LogP contribution in [-0.2, 0) is 10.2 Å². The van der Waals surface area contributed by atoms with E-state index in [0.717, 1.165) is 16.7 Å². The van der Waals surface area contributed by atoms with Gasteiger partial charge in [-0.05, 0) is 11.6 Å². The van der Waals surface area contributed by atoms with Crippen molar-refractivity contribution in [1.29, 1.82) is 0 Å². The van der Waals surface area contributed by atoms with Gasteiger partial charge in [-0.2, -0.15) is 0 Å². The van der Waals surface area contributed by atoms with E-state index in [1.807, 2.05) is 12.1 Å². The standard InChI is InChI=1S/C11H12BrNO2/c1-11(2)5-13-9-4-7(15-6-14)3-8(12)10(9)11/h3-4,6,13H,5H2,1-2H3. The molecule has 1 aromatic carbocycles. The summed E-state index contributed by atoms with van der Waals surface area (Å²) in [4.78, 5) is 10.3. The highest BCUT2D eigenvalue weighted by molar-refractivity contribution is 9.10. The Bertz CT molecular complexity index is 415. The van der Waals surface area contributed by atoms with E-state index < -0.39 is 0 Å². The second-order valence-electron chi connectivity index (χ2n) is 4.28. The van der Waals surface area contributed by atoms with E-state index in [0.29, 0.717) is 12.2 Å². The first-order chi connectivity index (χ1) is 7.04. The number of carbonyl (C=O) groups is 1. The molecule has 2 rings (SSSR count). The van der Waals surface area contributed by atoms with Crippen LogP contribution in [0, 0.1) is 0 Å². The molecule has 0 unspecified atom stereocenters. The van der Waals surface area contributed by atoms with Gasteiger partial charge in [0.25, 0.3) is 6.47 Å². The minimum atomic E-state index is 0.105. The molecule has 15 heavy (non-hydrogen) atoms. The Labute approximate surface area is 96.9 Å².